The van der Waals surface area contributed by atoms with E-state index in [0.29, 0.717) is 6.54 Å². The smallest absolute Gasteiger partial charge is 0.407 e. The normalized spacial score (nSPS) is 13.7. The van der Waals surface area contributed by atoms with Crippen molar-refractivity contribution in [1.29, 1.82) is 0 Å². The van der Waals surface area contributed by atoms with Crippen LogP contribution in [0, 0.1) is 11.3 Å². The molecule has 0 fully saturated rings. The Balaban J connectivity index is 1.64. The number of carbonyl (C=O) groups is 3. The zero-order chi connectivity index (χ0) is 25.8. The number of carboxylic acid groups (broad SMARTS) is 1. The van der Waals surface area contributed by atoms with Gasteiger partial charge < -0.3 is 20.1 Å². The lowest BCUT2D eigenvalue weighted by Crippen LogP contribution is -2.46. The van der Waals surface area contributed by atoms with Crippen molar-refractivity contribution < 1.29 is 24.2 Å². The Kier molecular flexibility index (Phi) is 8.20. The molecule has 0 unspecified atom stereocenters. The maximum Gasteiger partial charge on any atom is 0.407 e. The molecular formula is C28H36N2O5. The number of aliphatic carboxylic acids is 1. The Bertz CT molecular complexity index is 1030. The van der Waals surface area contributed by atoms with Gasteiger partial charge in [-0.15, -0.1) is 0 Å². The molecule has 1 atom stereocenters. The van der Waals surface area contributed by atoms with Crippen molar-refractivity contribution >= 4 is 18.0 Å². The van der Waals surface area contributed by atoms with Gasteiger partial charge in [0.05, 0.1) is 0 Å². The van der Waals surface area contributed by atoms with E-state index in [4.69, 9.17) is 4.74 Å². The molecule has 0 heterocycles. The Labute approximate surface area is 207 Å². The van der Waals surface area contributed by atoms with Gasteiger partial charge in [0, 0.05) is 24.9 Å². The third kappa shape index (κ3) is 6.84. The molecule has 0 bridgehead atoms. The molecule has 2 aromatic rings. The molecule has 0 saturated carbocycles. The van der Waals surface area contributed by atoms with Crippen molar-refractivity contribution in [2.75, 3.05) is 19.7 Å². The lowest BCUT2D eigenvalue weighted by Gasteiger charge is -2.31. The van der Waals surface area contributed by atoms with E-state index in [0.717, 1.165) is 22.3 Å². The molecule has 7 nitrogen and oxygen atoms in total. The van der Waals surface area contributed by atoms with E-state index in [2.05, 4.69) is 29.6 Å². The number of amides is 2. The Morgan fingerprint density at radius 1 is 1.00 bits per heavy atom. The Hall–Kier alpha value is -3.35. The lowest BCUT2D eigenvalue weighted by atomic mass is 9.95. The minimum absolute atomic E-state index is 0.00518. The highest BCUT2D eigenvalue weighted by molar-refractivity contribution is 5.82. The van der Waals surface area contributed by atoms with E-state index in [1.54, 1.807) is 0 Å². The Morgan fingerprint density at radius 2 is 1.54 bits per heavy atom. The SMILES string of the molecule is CC(C)[C@@H](CC(=O)N(CC(=O)O)CC(C)(C)C)NC(=O)OCC1c2ccccc2-c2ccccc21. The molecule has 2 aromatic carbocycles. The highest BCUT2D eigenvalue weighted by atomic mass is 16.5. The van der Waals surface area contributed by atoms with E-state index in [1.165, 1.54) is 4.90 Å². The summed E-state index contributed by atoms with van der Waals surface area (Å²) in [6.45, 7) is 9.80. The first-order valence-corrected chi connectivity index (χ1v) is 12.1. The first kappa shape index (κ1) is 26.3. The number of alkyl carbamates (subject to hydrolysis) is 1. The molecule has 2 amide bonds. The fourth-order valence-corrected chi connectivity index (χ4v) is 4.53. The molecule has 35 heavy (non-hydrogen) atoms. The van der Waals surface area contributed by atoms with Crippen LogP contribution in [-0.4, -0.2) is 53.7 Å². The molecule has 3 rings (SSSR count). The van der Waals surface area contributed by atoms with Gasteiger partial charge in [0.1, 0.15) is 13.2 Å². The van der Waals surface area contributed by atoms with Crippen LogP contribution in [0.5, 0.6) is 0 Å². The van der Waals surface area contributed by atoms with Crippen LogP contribution >= 0.6 is 0 Å². The quantitative estimate of drug-likeness (QED) is 0.532. The average Bonchev–Trinajstić information content (AvgIpc) is 3.09. The van der Waals surface area contributed by atoms with Crippen molar-refractivity contribution in [3.8, 4) is 11.1 Å². The maximum absolute atomic E-state index is 13.0. The third-order valence-corrected chi connectivity index (χ3v) is 6.19. The monoisotopic (exact) mass is 480 g/mol. The number of hydrogen-bond acceptors (Lipinski definition) is 4. The molecule has 0 spiro atoms. The van der Waals surface area contributed by atoms with Crippen molar-refractivity contribution in [2.24, 2.45) is 11.3 Å². The number of nitrogens with one attached hydrogen (secondary N) is 1. The summed E-state index contributed by atoms with van der Waals surface area (Å²) in [7, 11) is 0. The molecule has 1 aliphatic carbocycles. The van der Waals surface area contributed by atoms with Gasteiger partial charge in [-0.25, -0.2) is 4.79 Å². The average molecular weight is 481 g/mol. The zero-order valence-corrected chi connectivity index (χ0v) is 21.2. The molecule has 7 heteroatoms. The number of fused-ring (bicyclic) bond motifs is 3. The summed E-state index contributed by atoms with van der Waals surface area (Å²) in [6.07, 6.45) is -0.579. The van der Waals surface area contributed by atoms with Gasteiger partial charge >= 0.3 is 12.1 Å². The zero-order valence-electron chi connectivity index (χ0n) is 21.2. The standard InChI is InChI=1S/C28H36N2O5/c1-18(2)24(14-25(31)30(15-26(32)33)17-28(3,4)5)29-27(34)35-16-23-21-12-8-6-10-19(21)20-11-7-9-13-22(20)23/h6-13,18,23-24H,14-17H2,1-5H3,(H,29,34)(H,32,33)/t24-/m1/s1. The van der Waals surface area contributed by atoms with Crippen LogP contribution in [0.4, 0.5) is 4.79 Å². The summed E-state index contributed by atoms with van der Waals surface area (Å²) in [5.41, 5.74) is 4.31. The van der Waals surface area contributed by atoms with Crippen LogP contribution in [0.2, 0.25) is 0 Å². The van der Waals surface area contributed by atoms with Crippen molar-refractivity contribution in [3.63, 3.8) is 0 Å². The third-order valence-electron chi connectivity index (χ3n) is 6.19. The summed E-state index contributed by atoms with van der Waals surface area (Å²) in [6, 6.07) is 15.8. The number of benzene rings is 2. The first-order valence-electron chi connectivity index (χ1n) is 12.1. The van der Waals surface area contributed by atoms with Gasteiger partial charge in [0.15, 0.2) is 0 Å². The summed E-state index contributed by atoms with van der Waals surface area (Å²) in [5.74, 6) is -1.46. The van der Waals surface area contributed by atoms with Crippen molar-refractivity contribution in [2.45, 2.75) is 53.0 Å². The molecule has 0 aliphatic heterocycles. The summed E-state index contributed by atoms with van der Waals surface area (Å²) in [4.78, 5) is 38.4. The highest BCUT2D eigenvalue weighted by Gasteiger charge is 2.30. The van der Waals surface area contributed by atoms with Gasteiger partial charge in [0.25, 0.3) is 0 Å². The van der Waals surface area contributed by atoms with E-state index in [9.17, 15) is 19.5 Å². The summed E-state index contributed by atoms with van der Waals surface area (Å²) >= 11 is 0. The van der Waals surface area contributed by atoms with Crippen LogP contribution in [0.1, 0.15) is 58.1 Å². The van der Waals surface area contributed by atoms with E-state index >= 15 is 0 Å². The Morgan fingerprint density at radius 3 is 2.03 bits per heavy atom. The second-order valence-corrected chi connectivity index (χ2v) is 10.7. The second-order valence-electron chi connectivity index (χ2n) is 10.7. The lowest BCUT2D eigenvalue weighted by molar-refractivity contribution is -0.145. The number of rotatable bonds is 9. The summed E-state index contributed by atoms with van der Waals surface area (Å²) in [5, 5.41) is 12.1. The van der Waals surface area contributed by atoms with Gasteiger partial charge in [-0.3, -0.25) is 9.59 Å². The van der Waals surface area contributed by atoms with Crippen LogP contribution < -0.4 is 5.32 Å². The predicted molar refractivity (Wildman–Crippen MR) is 135 cm³/mol. The number of ether oxygens (including phenoxy) is 1. The molecule has 0 saturated heterocycles. The molecule has 0 radical (unpaired) electrons. The number of nitrogens with zero attached hydrogens (tertiary/aromatic N) is 1. The van der Waals surface area contributed by atoms with Gasteiger partial charge in [-0.2, -0.15) is 0 Å². The van der Waals surface area contributed by atoms with Crippen LogP contribution in [-0.2, 0) is 14.3 Å². The van der Waals surface area contributed by atoms with Gasteiger partial charge in [-0.05, 0) is 33.6 Å². The van der Waals surface area contributed by atoms with E-state index < -0.39 is 18.1 Å². The second kappa shape index (κ2) is 10.9. The van der Waals surface area contributed by atoms with Crippen LogP contribution in [0.3, 0.4) is 0 Å². The maximum atomic E-state index is 13.0. The molecular weight excluding hydrogens is 444 g/mol. The summed E-state index contributed by atoms with van der Waals surface area (Å²) < 4.78 is 5.64. The number of carboxylic acids is 1. The first-order chi connectivity index (χ1) is 16.5. The number of hydrogen-bond donors (Lipinski definition) is 2. The van der Waals surface area contributed by atoms with Crippen molar-refractivity contribution in [1.82, 2.24) is 10.2 Å². The van der Waals surface area contributed by atoms with Crippen LogP contribution in [0.15, 0.2) is 48.5 Å². The van der Waals surface area contributed by atoms with Gasteiger partial charge in [-0.1, -0.05) is 83.1 Å². The topological polar surface area (TPSA) is 95.9 Å². The largest absolute Gasteiger partial charge is 0.480 e. The molecule has 2 N–H and O–H groups in total. The fourth-order valence-electron chi connectivity index (χ4n) is 4.53. The van der Waals surface area contributed by atoms with E-state index in [1.807, 2.05) is 58.9 Å². The minimum Gasteiger partial charge on any atom is -0.480 e. The predicted octanol–water partition coefficient (Wildman–Crippen LogP) is 4.90. The highest BCUT2D eigenvalue weighted by Crippen LogP contribution is 2.44. The minimum atomic E-state index is -1.06. The molecule has 0 aromatic heterocycles. The molecule has 188 valence electrons. The van der Waals surface area contributed by atoms with Crippen molar-refractivity contribution in [3.05, 3.63) is 59.7 Å². The molecule has 1 aliphatic rings. The van der Waals surface area contributed by atoms with Gasteiger partial charge in [0.2, 0.25) is 5.91 Å². The fraction of sp³-hybridized carbons (Fsp3) is 0.464. The van der Waals surface area contributed by atoms with Crippen LogP contribution in [0.25, 0.3) is 11.1 Å². The number of carbonyl (C=O) groups excluding carboxylic acids is 2. The van der Waals surface area contributed by atoms with E-state index in [-0.39, 0.29) is 42.7 Å².